The second-order valence-corrected chi connectivity index (χ2v) is 5.25. The molecule has 0 unspecified atom stereocenters. The molecule has 0 aliphatic rings. The van der Waals surface area contributed by atoms with Gasteiger partial charge in [-0.05, 0) is 25.7 Å². The van der Waals surface area contributed by atoms with Crippen molar-refractivity contribution in [1.29, 1.82) is 0 Å². The first kappa shape index (κ1) is 13.9. The highest BCUT2D eigenvalue weighted by atomic mass is 32.2. The van der Waals surface area contributed by atoms with Crippen molar-refractivity contribution in [3.8, 4) is 0 Å². The Kier molecular flexibility index (Phi) is 7.13. The van der Waals surface area contributed by atoms with Gasteiger partial charge in [-0.15, -0.1) is 0 Å². The molecule has 5 heteroatoms. The monoisotopic (exact) mass is 223 g/mol. The minimum Gasteiger partial charge on any atom is -0.396 e. The molecule has 0 bridgehead atoms. The average Bonchev–Trinajstić information content (AvgIpc) is 2.14. The molecule has 0 spiro atoms. The fraction of sp³-hybridized carbons (Fsp3) is 1.00. The first-order valence-corrected chi connectivity index (χ1v) is 6.81. The van der Waals surface area contributed by atoms with Crippen LogP contribution in [0.15, 0.2) is 0 Å². The molecular weight excluding hydrogens is 202 g/mol. The fourth-order valence-electron chi connectivity index (χ4n) is 1.17. The van der Waals surface area contributed by atoms with E-state index in [0.29, 0.717) is 12.8 Å². The molecule has 0 rings (SSSR count). The van der Waals surface area contributed by atoms with Gasteiger partial charge in [0, 0.05) is 12.6 Å². The summed E-state index contributed by atoms with van der Waals surface area (Å²) in [6.07, 6.45) is 2.70. The van der Waals surface area contributed by atoms with E-state index in [-0.39, 0.29) is 18.4 Å². The van der Waals surface area contributed by atoms with Gasteiger partial charge in [-0.1, -0.05) is 13.8 Å². The van der Waals surface area contributed by atoms with E-state index in [1.54, 1.807) is 0 Å². The van der Waals surface area contributed by atoms with Gasteiger partial charge in [0.15, 0.2) is 0 Å². The smallest absolute Gasteiger partial charge is 0.211 e. The predicted molar refractivity (Wildman–Crippen MR) is 57.6 cm³/mol. The summed E-state index contributed by atoms with van der Waals surface area (Å²) >= 11 is 0. The van der Waals surface area contributed by atoms with E-state index in [0.717, 1.165) is 12.8 Å². The van der Waals surface area contributed by atoms with Crippen LogP contribution in [0.5, 0.6) is 0 Å². The maximum Gasteiger partial charge on any atom is 0.211 e. The van der Waals surface area contributed by atoms with Crippen molar-refractivity contribution in [2.75, 3.05) is 12.4 Å². The molecule has 2 N–H and O–H groups in total. The molecule has 14 heavy (non-hydrogen) atoms. The summed E-state index contributed by atoms with van der Waals surface area (Å²) in [6, 6.07) is 0.0501. The van der Waals surface area contributed by atoms with Crippen molar-refractivity contribution >= 4 is 10.0 Å². The molecule has 0 aromatic rings. The zero-order valence-electron chi connectivity index (χ0n) is 8.99. The molecule has 0 aliphatic carbocycles. The molecule has 0 fully saturated rings. The predicted octanol–water partition coefficient (Wildman–Crippen LogP) is 0.867. The van der Waals surface area contributed by atoms with Crippen LogP contribution < -0.4 is 4.72 Å². The molecular formula is C9H21NO3S. The molecule has 0 radical (unpaired) electrons. The maximum absolute atomic E-state index is 11.4. The number of nitrogens with one attached hydrogen (secondary N) is 1. The average molecular weight is 223 g/mol. The van der Waals surface area contributed by atoms with Crippen molar-refractivity contribution in [3.05, 3.63) is 0 Å². The Morgan fingerprint density at radius 2 is 1.79 bits per heavy atom. The molecule has 0 amide bonds. The molecule has 0 atom stereocenters. The standard InChI is InChI=1S/C9H21NO3S/c1-3-9(4-2)10-14(12,13)8-6-5-7-11/h9-11H,3-8H2,1-2H3. The van der Waals surface area contributed by atoms with Gasteiger partial charge < -0.3 is 5.11 Å². The first-order valence-electron chi connectivity index (χ1n) is 5.16. The van der Waals surface area contributed by atoms with Crippen LogP contribution in [-0.4, -0.2) is 31.9 Å². The van der Waals surface area contributed by atoms with Crippen LogP contribution in [0.3, 0.4) is 0 Å². The second-order valence-electron chi connectivity index (χ2n) is 3.38. The topological polar surface area (TPSA) is 66.4 Å². The molecule has 4 nitrogen and oxygen atoms in total. The van der Waals surface area contributed by atoms with Crippen molar-refractivity contribution < 1.29 is 13.5 Å². The lowest BCUT2D eigenvalue weighted by atomic mass is 10.2. The molecule has 0 aliphatic heterocycles. The third-order valence-corrected chi connectivity index (χ3v) is 3.67. The van der Waals surface area contributed by atoms with E-state index in [4.69, 9.17) is 5.11 Å². The summed E-state index contributed by atoms with van der Waals surface area (Å²) in [6.45, 7) is 3.98. The Labute approximate surface area is 86.8 Å². The van der Waals surface area contributed by atoms with E-state index in [9.17, 15) is 8.42 Å². The third kappa shape index (κ3) is 6.34. The lowest BCUT2D eigenvalue weighted by Crippen LogP contribution is -2.35. The molecule has 0 saturated heterocycles. The normalized spacial score (nSPS) is 12.3. The number of hydrogen-bond donors (Lipinski definition) is 2. The maximum atomic E-state index is 11.4. The fourth-order valence-corrected chi connectivity index (χ4v) is 2.72. The second kappa shape index (κ2) is 7.20. The van der Waals surface area contributed by atoms with Gasteiger partial charge in [-0.25, -0.2) is 13.1 Å². The summed E-state index contributed by atoms with van der Waals surface area (Å²) in [5, 5.41) is 8.52. The third-order valence-electron chi connectivity index (χ3n) is 2.15. The van der Waals surface area contributed by atoms with Crippen molar-refractivity contribution in [3.63, 3.8) is 0 Å². The highest BCUT2D eigenvalue weighted by Gasteiger charge is 2.14. The van der Waals surface area contributed by atoms with E-state index >= 15 is 0 Å². The van der Waals surface area contributed by atoms with Crippen molar-refractivity contribution in [2.45, 2.75) is 45.6 Å². The number of hydrogen-bond acceptors (Lipinski definition) is 3. The van der Waals surface area contributed by atoms with Gasteiger partial charge >= 0.3 is 0 Å². The highest BCUT2D eigenvalue weighted by Crippen LogP contribution is 2.01. The van der Waals surface area contributed by atoms with E-state index in [1.807, 2.05) is 13.8 Å². The zero-order valence-corrected chi connectivity index (χ0v) is 9.81. The van der Waals surface area contributed by atoms with Gasteiger partial charge in [-0.3, -0.25) is 0 Å². The number of aliphatic hydroxyl groups is 1. The van der Waals surface area contributed by atoms with E-state index in [1.165, 1.54) is 0 Å². The number of rotatable bonds is 8. The van der Waals surface area contributed by atoms with Crippen molar-refractivity contribution in [1.82, 2.24) is 4.72 Å². The first-order chi connectivity index (χ1) is 6.55. The Morgan fingerprint density at radius 3 is 2.21 bits per heavy atom. The number of sulfonamides is 1. The summed E-state index contributed by atoms with van der Waals surface area (Å²) in [5.41, 5.74) is 0. The van der Waals surface area contributed by atoms with Crippen LogP contribution in [0.2, 0.25) is 0 Å². The van der Waals surface area contributed by atoms with Crippen LogP contribution in [0.25, 0.3) is 0 Å². The lowest BCUT2D eigenvalue weighted by molar-refractivity contribution is 0.287. The van der Waals surface area contributed by atoms with Crippen LogP contribution in [-0.2, 0) is 10.0 Å². The van der Waals surface area contributed by atoms with Gasteiger partial charge in [-0.2, -0.15) is 0 Å². The van der Waals surface area contributed by atoms with Crippen molar-refractivity contribution in [2.24, 2.45) is 0 Å². The minimum absolute atomic E-state index is 0.0501. The summed E-state index contributed by atoms with van der Waals surface area (Å²) in [4.78, 5) is 0. The summed E-state index contributed by atoms with van der Waals surface area (Å²) in [5.74, 6) is 0.115. The van der Waals surface area contributed by atoms with Crippen LogP contribution >= 0.6 is 0 Å². The summed E-state index contributed by atoms with van der Waals surface area (Å²) in [7, 11) is -3.14. The summed E-state index contributed by atoms with van der Waals surface area (Å²) < 4.78 is 25.5. The molecule has 0 heterocycles. The van der Waals surface area contributed by atoms with Gasteiger partial charge in [0.1, 0.15) is 0 Å². The zero-order chi connectivity index (χ0) is 11.0. The van der Waals surface area contributed by atoms with E-state index < -0.39 is 10.0 Å². The van der Waals surface area contributed by atoms with Crippen LogP contribution in [0.4, 0.5) is 0 Å². The molecule has 0 aromatic heterocycles. The van der Waals surface area contributed by atoms with Gasteiger partial charge in [0.2, 0.25) is 10.0 Å². The van der Waals surface area contributed by atoms with E-state index in [2.05, 4.69) is 4.72 Å². The SMILES string of the molecule is CCC(CC)NS(=O)(=O)CCCCO. The Bertz CT molecular complexity index is 222. The number of unbranched alkanes of at least 4 members (excludes halogenated alkanes) is 1. The Morgan fingerprint density at radius 1 is 1.21 bits per heavy atom. The van der Waals surface area contributed by atoms with Crippen LogP contribution in [0, 0.1) is 0 Å². The van der Waals surface area contributed by atoms with Gasteiger partial charge in [0.05, 0.1) is 5.75 Å². The highest BCUT2D eigenvalue weighted by molar-refractivity contribution is 7.89. The minimum atomic E-state index is -3.14. The Balaban J connectivity index is 3.93. The Hall–Kier alpha value is -0.130. The van der Waals surface area contributed by atoms with Crippen LogP contribution in [0.1, 0.15) is 39.5 Å². The molecule has 0 saturated carbocycles. The van der Waals surface area contributed by atoms with Gasteiger partial charge in [0.25, 0.3) is 0 Å². The lowest BCUT2D eigenvalue weighted by Gasteiger charge is -2.14. The largest absolute Gasteiger partial charge is 0.396 e. The quantitative estimate of drug-likeness (QED) is 0.600. The number of aliphatic hydroxyl groups excluding tert-OH is 1. The molecule has 0 aromatic carbocycles. The molecule has 86 valence electrons.